The van der Waals surface area contributed by atoms with Gasteiger partial charge in [0, 0.05) is 30.4 Å². The standard InChI is InChI=1S/C22H22F2N4O3/c1-26(2)10-11-27(22(30)31)17-5-3-4-15(12-17)14-28-21(29)9-8-20(25-28)16-6-7-18(23)19(24)13-16/h3-9,12-13H,10-11,14H2,1-2H3,(H,30,31). The maximum Gasteiger partial charge on any atom is 0.411 e. The highest BCUT2D eigenvalue weighted by Gasteiger charge is 2.15. The third-order valence-corrected chi connectivity index (χ3v) is 4.64. The summed E-state index contributed by atoms with van der Waals surface area (Å²) in [5.74, 6) is -1.97. The van der Waals surface area contributed by atoms with E-state index in [2.05, 4.69) is 5.10 Å². The number of rotatable bonds is 7. The fraction of sp³-hybridized carbons (Fsp3) is 0.227. The first-order valence-electron chi connectivity index (χ1n) is 9.52. The summed E-state index contributed by atoms with van der Waals surface area (Å²) in [7, 11) is 3.71. The second kappa shape index (κ2) is 9.48. The minimum absolute atomic E-state index is 0.0886. The number of benzene rings is 2. The van der Waals surface area contributed by atoms with Crippen molar-refractivity contribution >= 4 is 11.8 Å². The van der Waals surface area contributed by atoms with Crippen molar-refractivity contribution in [2.45, 2.75) is 6.54 Å². The van der Waals surface area contributed by atoms with Crippen LogP contribution in [0.25, 0.3) is 11.3 Å². The number of carboxylic acid groups (broad SMARTS) is 1. The van der Waals surface area contributed by atoms with Crippen LogP contribution in [-0.4, -0.2) is 53.1 Å². The zero-order valence-electron chi connectivity index (χ0n) is 17.1. The Morgan fingerprint density at radius 3 is 2.48 bits per heavy atom. The van der Waals surface area contributed by atoms with Gasteiger partial charge in [-0.15, -0.1) is 0 Å². The van der Waals surface area contributed by atoms with Crippen LogP contribution in [0.4, 0.5) is 19.3 Å². The van der Waals surface area contributed by atoms with E-state index in [1.54, 1.807) is 24.3 Å². The monoisotopic (exact) mass is 428 g/mol. The van der Waals surface area contributed by atoms with E-state index >= 15 is 0 Å². The summed E-state index contributed by atoms with van der Waals surface area (Å²) in [4.78, 5) is 27.1. The molecular formula is C22H22F2N4O3. The zero-order valence-corrected chi connectivity index (χ0v) is 17.1. The summed E-state index contributed by atoms with van der Waals surface area (Å²) < 4.78 is 28.0. The van der Waals surface area contributed by atoms with Gasteiger partial charge in [0.2, 0.25) is 0 Å². The van der Waals surface area contributed by atoms with E-state index < -0.39 is 17.7 Å². The molecule has 0 spiro atoms. The molecule has 0 aliphatic carbocycles. The van der Waals surface area contributed by atoms with E-state index in [1.165, 1.54) is 27.8 Å². The summed E-state index contributed by atoms with van der Waals surface area (Å²) >= 11 is 0. The van der Waals surface area contributed by atoms with E-state index in [0.717, 1.165) is 12.1 Å². The van der Waals surface area contributed by atoms with E-state index in [1.807, 2.05) is 19.0 Å². The molecule has 1 N–H and O–H groups in total. The van der Waals surface area contributed by atoms with Crippen LogP contribution in [0.15, 0.2) is 59.4 Å². The molecule has 3 rings (SSSR count). The Labute approximate surface area is 177 Å². The molecule has 31 heavy (non-hydrogen) atoms. The molecular weight excluding hydrogens is 406 g/mol. The first-order chi connectivity index (χ1) is 14.7. The number of anilines is 1. The SMILES string of the molecule is CN(C)CCN(C(=O)O)c1cccc(Cn2nc(-c3ccc(F)c(F)c3)ccc2=O)c1. The summed E-state index contributed by atoms with van der Waals surface area (Å²) in [6.45, 7) is 0.925. The van der Waals surface area contributed by atoms with E-state index in [-0.39, 0.29) is 18.6 Å². The van der Waals surface area contributed by atoms with Gasteiger partial charge in [-0.1, -0.05) is 12.1 Å². The van der Waals surface area contributed by atoms with Gasteiger partial charge in [-0.3, -0.25) is 9.69 Å². The minimum Gasteiger partial charge on any atom is -0.465 e. The second-order valence-electron chi connectivity index (χ2n) is 7.25. The third-order valence-electron chi connectivity index (χ3n) is 4.64. The van der Waals surface area contributed by atoms with E-state index in [4.69, 9.17) is 0 Å². The lowest BCUT2D eigenvalue weighted by atomic mass is 10.1. The number of carbonyl (C=O) groups is 1. The molecule has 0 fully saturated rings. The topological polar surface area (TPSA) is 78.7 Å². The van der Waals surface area contributed by atoms with Crippen molar-refractivity contribution in [1.82, 2.24) is 14.7 Å². The van der Waals surface area contributed by atoms with Gasteiger partial charge in [-0.05, 0) is 56.1 Å². The lowest BCUT2D eigenvalue weighted by Crippen LogP contribution is -2.35. The van der Waals surface area contributed by atoms with Crippen LogP contribution in [-0.2, 0) is 6.54 Å². The van der Waals surface area contributed by atoms with Gasteiger partial charge in [0.1, 0.15) is 0 Å². The van der Waals surface area contributed by atoms with Gasteiger partial charge in [0.25, 0.3) is 5.56 Å². The molecule has 0 bridgehead atoms. The molecule has 0 unspecified atom stereocenters. The number of hydrogen-bond donors (Lipinski definition) is 1. The molecule has 0 radical (unpaired) electrons. The summed E-state index contributed by atoms with van der Waals surface area (Å²) in [6.07, 6.45) is -1.07. The van der Waals surface area contributed by atoms with Gasteiger partial charge >= 0.3 is 6.09 Å². The quantitative estimate of drug-likeness (QED) is 0.625. The number of halogens is 2. The van der Waals surface area contributed by atoms with Crippen molar-refractivity contribution in [3.8, 4) is 11.3 Å². The molecule has 7 nitrogen and oxygen atoms in total. The first kappa shape index (κ1) is 22.1. The van der Waals surface area contributed by atoms with Crippen LogP contribution in [0, 0.1) is 11.6 Å². The molecule has 2 aromatic carbocycles. The number of likely N-dealkylation sites (N-methyl/N-ethyl adjacent to an activating group) is 1. The van der Waals surface area contributed by atoms with Crippen molar-refractivity contribution < 1.29 is 18.7 Å². The van der Waals surface area contributed by atoms with Gasteiger partial charge in [0.15, 0.2) is 11.6 Å². The lowest BCUT2D eigenvalue weighted by molar-refractivity contribution is 0.201. The highest BCUT2D eigenvalue weighted by atomic mass is 19.2. The molecule has 162 valence electrons. The Hall–Kier alpha value is -3.59. The number of amides is 1. The molecule has 0 aliphatic rings. The highest BCUT2D eigenvalue weighted by Crippen LogP contribution is 2.20. The Morgan fingerprint density at radius 1 is 1.03 bits per heavy atom. The Balaban J connectivity index is 1.88. The Kier molecular flexibility index (Phi) is 6.76. The predicted molar refractivity (Wildman–Crippen MR) is 113 cm³/mol. The fourth-order valence-electron chi connectivity index (χ4n) is 3.00. The zero-order chi connectivity index (χ0) is 22.5. The predicted octanol–water partition coefficient (Wildman–Crippen LogP) is 3.28. The van der Waals surface area contributed by atoms with Gasteiger partial charge in [-0.2, -0.15) is 5.10 Å². The summed E-state index contributed by atoms with van der Waals surface area (Å²) in [5.41, 5.74) is 1.43. The second-order valence-corrected chi connectivity index (χ2v) is 7.25. The minimum atomic E-state index is -1.07. The fourth-order valence-corrected chi connectivity index (χ4v) is 3.00. The van der Waals surface area contributed by atoms with Crippen molar-refractivity contribution in [3.63, 3.8) is 0 Å². The third kappa shape index (κ3) is 5.52. The molecule has 9 heteroatoms. The highest BCUT2D eigenvalue weighted by molar-refractivity contribution is 5.86. The lowest BCUT2D eigenvalue weighted by Gasteiger charge is -2.22. The van der Waals surface area contributed by atoms with Crippen molar-refractivity contribution in [3.05, 3.63) is 82.1 Å². The maximum absolute atomic E-state index is 13.6. The first-order valence-corrected chi connectivity index (χ1v) is 9.52. The van der Waals surface area contributed by atoms with Crippen molar-refractivity contribution in [1.29, 1.82) is 0 Å². The van der Waals surface area contributed by atoms with Crippen LogP contribution in [0.5, 0.6) is 0 Å². The van der Waals surface area contributed by atoms with Crippen LogP contribution < -0.4 is 10.5 Å². The molecule has 0 saturated carbocycles. The molecule has 1 amide bonds. The molecule has 1 heterocycles. The average Bonchev–Trinajstić information content (AvgIpc) is 2.72. The molecule has 0 aliphatic heterocycles. The van der Waals surface area contributed by atoms with E-state index in [9.17, 15) is 23.5 Å². The van der Waals surface area contributed by atoms with Crippen LogP contribution in [0.1, 0.15) is 5.56 Å². The average molecular weight is 428 g/mol. The number of nitrogens with zero attached hydrogens (tertiary/aromatic N) is 4. The molecule has 3 aromatic rings. The van der Waals surface area contributed by atoms with E-state index in [0.29, 0.717) is 29.1 Å². The van der Waals surface area contributed by atoms with Gasteiger partial charge in [0.05, 0.1) is 12.2 Å². The molecule has 1 aromatic heterocycles. The Bertz CT molecular complexity index is 1150. The normalized spacial score (nSPS) is 11.0. The maximum atomic E-state index is 13.6. The molecule has 0 atom stereocenters. The van der Waals surface area contributed by atoms with Crippen LogP contribution in [0.2, 0.25) is 0 Å². The molecule has 0 saturated heterocycles. The van der Waals surface area contributed by atoms with Gasteiger partial charge in [-0.25, -0.2) is 18.3 Å². The van der Waals surface area contributed by atoms with Crippen molar-refractivity contribution in [2.75, 3.05) is 32.1 Å². The van der Waals surface area contributed by atoms with Crippen LogP contribution in [0.3, 0.4) is 0 Å². The smallest absolute Gasteiger partial charge is 0.411 e. The van der Waals surface area contributed by atoms with Crippen molar-refractivity contribution in [2.24, 2.45) is 0 Å². The number of hydrogen-bond acceptors (Lipinski definition) is 4. The Morgan fingerprint density at radius 2 is 1.81 bits per heavy atom. The summed E-state index contributed by atoms with van der Waals surface area (Å²) in [6, 6.07) is 13.0. The largest absolute Gasteiger partial charge is 0.465 e. The van der Waals surface area contributed by atoms with Gasteiger partial charge < -0.3 is 10.0 Å². The number of aromatic nitrogens is 2. The summed E-state index contributed by atoms with van der Waals surface area (Å²) in [5, 5.41) is 13.8. The van der Waals surface area contributed by atoms with Crippen LogP contribution >= 0.6 is 0 Å².